The number of carbonyl (C=O) groups is 1. The van der Waals surface area contributed by atoms with Gasteiger partial charge in [0.15, 0.2) is 10.8 Å². The van der Waals surface area contributed by atoms with E-state index >= 15 is 0 Å². The van der Waals surface area contributed by atoms with Gasteiger partial charge in [-0.2, -0.15) is 0 Å². The number of benzene rings is 1. The molecule has 6 nitrogen and oxygen atoms in total. The molecule has 0 aliphatic rings. The third-order valence-corrected chi connectivity index (χ3v) is 5.24. The smallest absolute Gasteiger partial charge is 0.237 e. The Morgan fingerprint density at radius 2 is 1.92 bits per heavy atom. The highest BCUT2D eigenvalue weighted by Crippen LogP contribution is 2.28. The Morgan fingerprint density at radius 1 is 1.23 bits per heavy atom. The first-order valence-corrected chi connectivity index (χ1v) is 9.43. The van der Waals surface area contributed by atoms with Crippen molar-refractivity contribution < 1.29 is 4.79 Å². The molecule has 0 aliphatic carbocycles. The normalized spacial score (nSPS) is 12.2. The van der Waals surface area contributed by atoms with E-state index in [1.807, 2.05) is 43.3 Å². The maximum atomic E-state index is 12.5. The highest BCUT2D eigenvalue weighted by Gasteiger charge is 2.19. The van der Waals surface area contributed by atoms with Gasteiger partial charge in [0.1, 0.15) is 0 Å². The maximum Gasteiger partial charge on any atom is 0.237 e. The first kappa shape index (κ1) is 18.8. The van der Waals surface area contributed by atoms with Gasteiger partial charge in [-0.3, -0.25) is 9.20 Å². The number of hydrogen-bond acceptors (Lipinski definition) is 5. The van der Waals surface area contributed by atoms with Crippen LogP contribution in [0.15, 0.2) is 41.7 Å². The van der Waals surface area contributed by atoms with E-state index in [4.69, 9.17) is 23.2 Å². The Morgan fingerprint density at radius 3 is 2.58 bits per heavy atom. The van der Waals surface area contributed by atoms with Gasteiger partial charge >= 0.3 is 0 Å². The van der Waals surface area contributed by atoms with Crippen molar-refractivity contribution in [2.24, 2.45) is 0 Å². The Bertz CT molecular complexity index is 942. The van der Waals surface area contributed by atoms with Crippen LogP contribution in [-0.2, 0) is 4.79 Å². The number of pyridine rings is 1. The number of thioether (sulfide) groups is 1. The summed E-state index contributed by atoms with van der Waals surface area (Å²) >= 11 is 13.4. The topological polar surface area (TPSA) is 62.5 Å². The molecule has 3 aromatic rings. The molecule has 1 atom stereocenters. The lowest BCUT2D eigenvalue weighted by Gasteiger charge is -2.14. The number of aromatic nitrogens is 3. The number of amides is 1. The summed E-state index contributed by atoms with van der Waals surface area (Å²) in [5.74, 6) is -0.127. The van der Waals surface area contributed by atoms with E-state index in [0.29, 0.717) is 20.8 Å². The van der Waals surface area contributed by atoms with Crippen molar-refractivity contribution in [3.05, 3.63) is 46.6 Å². The average molecular weight is 410 g/mol. The molecule has 1 amide bonds. The van der Waals surface area contributed by atoms with Gasteiger partial charge in [0.25, 0.3) is 0 Å². The van der Waals surface area contributed by atoms with Crippen molar-refractivity contribution in [3.63, 3.8) is 0 Å². The lowest BCUT2D eigenvalue weighted by molar-refractivity contribution is -0.115. The van der Waals surface area contributed by atoms with Crippen molar-refractivity contribution in [1.82, 2.24) is 14.6 Å². The minimum absolute atomic E-state index is 0.127. The molecule has 0 aliphatic heterocycles. The van der Waals surface area contributed by atoms with Crippen molar-refractivity contribution in [2.45, 2.75) is 17.3 Å². The van der Waals surface area contributed by atoms with E-state index in [0.717, 1.165) is 11.4 Å². The zero-order valence-corrected chi connectivity index (χ0v) is 16.7. The van der Waals surface area contributed by atoms with Crippen LogP contribution in [0.25, 0.3) is 5.65 Å². The van der Waals surface area contributed by atoms with E-state index in [1.165, 1.54) is 11.8 Å². The molecule has 0 spiro atoms. The van der Waals surface area contributed by atoms with Crippen LogP contribution >= 0.6 is 35.0 Å². The van der Waals surface area contributed by atoms with Gasteiger partial charge in [0.2, 0.25) is 5.91 Å². The molecular formula is C17H17Cl2N5OS. The quantitative estimate of drug-likeness (QED) is 0.639. The lowest BCUT2D eigenvalue weighted by Crippen LogP contribution is -2.22. The zero-order chi connectivity index (χ0) is 18.8. The Hall–Kier alpha value is -1.96. The fourth-order valence-corrected chi connectivity index (χ4v) is 3.61. The first-order chi connectivity index (χ1) is 12.3. The van der Waals surface area contributed by atoms with Crippen molar-refractivity contribution >= 4 is 57.9 Å². The van der Waals surface area contributed by atoms with Crippen molar-refractivity contribution in [1.29, 1.82) is 0 Å². The van der Waals surface area contributed by atoms with Gasteiger partial charge in [0, 0.05) is 31.7 Å². The molecule has 3 rings (SSSR count). The Balaban J connectivity index is 1.71. The molecule has 1 unspecified atom stereocenters. The minimum atomic E-state index is -0.381. The number of halogens is 2. The highest BCUT2D eigenvalue weighted by atomic mass is 35.5. The molecule has 26 heavy (non-hydrogen) atoms. The van der Waals surface area contributed by atoms with Crippen LogP contribution in [0, 0.1) is 0 Å². The molecule has 0 saturated heterocycles. The molecule has 2 heterocycles. The van der Waals surface area contributed by atoms with Crippen LogP contribution in [0.3, 0.4) is 0 Å². The van der Waals surface area contributed by atoms with Gasteiger partial charge < -0.3 is 10.2 Å². The molecule has 0 saturated carbocycles. The third kappa shape index (κ3) is 4.06. The van der Waals surface area contributed by atoms with Gasteiger partial charge in [-0.1, -0.05) is 35.0 Å². The lowest BCUT2D eigenvalue weighted by atomic mass is 10.2. The van der Waals surface area contributed by atoms with Crippen LogP contribution in [0.5, 0.6) is 0 Å². The van der Waals surface area contributed by atoms with Gasteiger partial charge in [-0.25, -0.2) is 0 Å². The van der Waals surface area contributed by atoms with Gasteiger partial charge in [-0.05, 0) is 37.3 Å². The molecule has 1 N–H and O–H groups in total. The number of nitrogens with zero attached hydrogens (tertiary/aromatic N) is 4. The summed E-state index contributed by atoms with van der Waals surface area (Å²) in [6.07, 6.45) is 1.68. The van der Waals surface area contributed by atoms with Crippen LogP contribution < -0.4 is 10.2 Å². The molecular weight excluding hydrogens is 393 g/mol. The predicted molar refractivity (Wildman–Crippen MR) is 108 cm³/mol. The van der Waals surface area contributed by atoms with E-state index in [1.54, 1.807) is 23.6 Å². The Kier molecular flexibility index (Phi) is 5.60. The van der Waals surface area contributed by atoms with E-state index < -0.39 is 0 Å². The maximum absolute atomic E-state index is 12.5. The van der Waals surface area contributed by atoms with E-state index in [2.05, 4.69) is 15.5 Å². The summed E-state index contributed by atoms with van der Waals surface area (Å²) in [7, 11) is 3.93. The molecule has 0 radical (unpaired) electrons. The Labute approximate surface area is 165 Å². The summed E-state index contributed by atoms with van der Waals surface area (Å²) in [5, 5.41) is 12.1. The summed E-state index contributed by atoms with van der Waals surface area (Å²) in [5.41, 5.74) is 2.31. The monoisotopic (exact) mass is 409 g/mol. The molecule has 2 aromatic heterocycles. The van der Waals surface area contributed by atoms with E-state index in [-0.39, 0.29) is 11.2 Å². The standard InChI is InChI=1S/C17H17Cl2N5OS/c1-10(16(25)20-12-4-6-13(7-5-12)23(2)3)26-17-22-21-15-14(19)8-11(18)9-24(15)17/h4-10H,1-3H3,(H,20,25). The van der Waals surface area contributed by atoms with Crippen molar-refractivity contribution in [2.75, 3.05) is 24.3 Å². The summed E-state index contributed by atoms with van der Waals surface area (Å²) in [6, 6.07) is 9.25. The molecule has 0 bridgehead atoms. The average Bonchev–Trinajstić information content (AvgIpc) is 2.98. The fourth-order valence-electron chi connectivity index (χ4n) is 2.28. The number of fused-ring (bicyclic) bond motifs is 1. The van der Waals surface area contributed by atoms with Crippen molar-refractivity contribution in [3.8, 4) is 0 Å². The van der Waals surface area contributed by atoms with Gasteiger partial charge in [0.05, 0.1) is 15.3 Å². The summed E-state index contributed by atoms with van der Waals surface area (Å²) in [4.78, 5) is 14.5. The predicted octanol–water partition coefficient (Wildman–Crippen LogP) is 4.22. The van der Waals surface area contributed by atoms with Crippen LogP contribution in [0.1, 0.15) is 6.92 Å². The largest absolute Gasteiger partial charge is 0.378 e. The second kappa shape index (κ2) is 7.73. The number of carbonyl (C=O) groups excluding carboxylic acids is 1. The number of rotatable bonds is 5. The van der Waals surface area contributed by atoms with Crippen LogP contribution in [0.2, 0.25) is 10.0 Å². The van der Waals surface area contributed by atoms with Crippen LogP contribution in [-0.4, -0.2) is 39.9 Å². The third-order valence-electron chi connectivity index (χ3n) is 3.70. The van der Waals surface area contributed by atoms with Gasteiger partial charge in [-0.15, -0.1) is 10.2 Å². The summed E-state index contributed by atoms with van der Waals surface area (Å²) < 4.78 is 1.69. The summed E-state index contributed by atoms with van der Waals surface area (Å²) in [6.45, 7) is 1.81. The zero-order valence-electron chi connectivity index (χ0n) is 14.4. The first-order valence-electron chi connectivity index (χ1n) is 7.80. The van der Waals surface area contributed by atoms with E-state index in [9.17, 15) is 4.79 Å². The molecule has 9 heteroatoms. The number of nitrogens with one attached hydrogen (secondary N) is 1. The van der Waals surface area contributed by atoms with Crippen LogP contribution in [0.4, 0.5) is 11.4 Å². The number of hydrogen-bond donors (Lipinski definition) is 1. The SMILES string of the molecule is CC(Sc1nnc2c(Cl)cc(Cl)cn12)C(=O)Nc1ccc(N(C)C)cc1. The second-order valence-electron chi connectivity index (χ2n) is 5.87. The second-order valence-corrected chi connectivity index (χ2v) is 8.02. The minimum Gasteiger partial charge on any atom is -0.378 e. The highest BCUT2D eigenvalue weighted by molar-refractivity contribution is 8.00. The number of anilines is 2. The molecule has 0 fully saturated rings. The fraction of sp³-hybridized carbons (Fsp3) is 0.235. The molecule has 1 aromatic carbocycles. The molecule has 136 valence electrons.